The van der Waals surface area contributed by atoms with E-state index in [9.17, 15) is 4.79 Å². The van der Waals surface area contributed by atoms with Gasteiger partial charge in [-0.3, -0.25) is 9.78 Å². The molecule has 2 heterocycles. The number of carbonyl (C=O) groups is 1. The summed E-state index contributed by atoms with van der Waals surface area (Å²) in [5.74, 6) is -0.00303. The zero-order valence-corrected chi connectivity index (χ0v) is 12.4. The van der Waals surface area contributed by atoms with E-state index in [0.29, 0.717) is 0 Å². The molecule has 20 heavy (non-hydrogen) atoms. The maximum Gasteiger partial charge on any atom is 0.251 e. The van der Waals surface area contributed by atoms with Crippen molar-refractivity contribution in [2.75, 3.05) is 11.4 Å². The van der Waals surface area contributed by atoms with E-state index < -0.39 is 0 Å². The summed E-state index contributed by atoms with van der Waals surface area (Å²) < 4.78 is 1.05. The third kappa shape index (κ3) is 2.65. The molecule has 0 spiro atoms. The van der Waals surface area contributed by atoms with Crippen LogP contribution in [0.25, 0.3) is 6.08 Å². The lowest BCUT2D eigenvalue weighted by Crippen LogP contribution is -2.26. The summed E-state index contributed by atoms with van der Waals surface area (Å²) in [6.45, 7) is 0.733. The molecule has 0 radical (unpaired) electrons. The molecular formula is C16H13BrN2O. The zero-order valence-electron chi connectivity index (χ0n) is 10.8. The van der Waals surface area contributed by atoms with Crippen molar-refractivity contribution in [2.45, 2.75) is 6.42 Å². The van der Waals surface area contributed by atoms with E-state index in [0.717, 1.165) is 28.8 Å². The molecule has 3 rings (SSSR count). The van der Waals surface area contributed by atoms with Crippen molar-refractivity contribution in [3.05, 3.63) is 64.4 Å². The first kappa shape index (κ1) is 13.1. The lowest BCUT2D eigenvalue weighted by Gasteiger charge is -2.14. The smallest absolute Gasteiger partial charge is 0.251 e. The van der Waals surface area contributed by atoms with E-state index >= 15 is 0 Å². The fourth-order valence-corrected chi connectivity index (χ4v) is 2.73. The molecule has 3 nitrogen and oxygen atoms in total. The molecule has 0 bridgehead atoms. The normalized spacial score (nSPS) is 13.8. The molecule has 0 atom stereocenters. The summed E-state index contributed by atoms with van der Waals surface area (Å²) in [6, 6.07) is 11.7. The SMILES string of the molecule is O=C(/C=C/c1ccccn1)N1CCc2cc(Br)ccc21. The monoisotopic (exact) mass is 328 g/mol. The molecule has 1 aromatic heterocycles. The average molecular weight is 329 g/mol. The predicted octanol–water partition coefficient (Wildman–Crippen LogP) is 3.45. The summed E-state index contributed by atoms with van der Waals surface area (Å²) in [5, 5.41) is 0. The first-order valence-electron chi connectivity index (χ1n) is 6.43. The van der Waals surface area contributed by atoms with Crippen LogP contribution in [0.3, 0.4) is 0 Å². The Kier molecular flexibility index (Phi) is 3.65. The topological polar surface area (TPSA) is 33.2 Å². The molecule has 2 aromatic rings. The molecule has 4 heteroatoms. The van der Waals surface area contributed by atoms with Crippen LogP contribution < -0.4 is 4.90 Å². The fourth-order valence-electron chi connectivity index (χ4n) is 2.32. The maximum atomic E-state index is 12.3. The minimum absolute atomic E-state index is 0.00303. The van der Waals surface area contributed by atoms with Gasteiger partial charge in [-0.05, 0) is 48.4 Å². The van der Waals surface area contributed by atoms with Crippen molar-refractivity contribution in [1.82, 2.24) is 4.98 Å². The van der Waals surface area contributed by atoms with Gasteiger partial charge in [0.05, 0.1) is 5.69 Å². The van der Waals surface area contributed by atoms with E-state index in [1.807, 2.05) is 30.3 Å². The van der Waals surface area contributed by atoms with Crippen molar-refractivity contribution >= 4 is 33.6 Å². The summed E-state index contributed by atoms with van der Waals surface area (Å²) in [7, 11) is 0. The molecule has 1 aliphatic rings. The highest BCUT2D eigenvalue weighted by molar-refractivity contribution is 9.10. The van der Waals surface area contributed by atoms with Crippen LogP contribution in [-0.2, 0) is 11.2 Å². The van der Waals surface area contributed by atoms with Crippen molar-refractivity contribution < 1.29 is 4.79 Å². The Morgan fingerprint density at radius 2 is 2.20 bits per heavy atom. The number of hydrogen-bond acceptors (Lipinski definition) is 2. The number of carbonyl (C=O) groups excluding carboxylic acids is 1. The predicted molar refractivity (Wildman–Crippen MR) is 83.5 cm³/mol. The summed E-state index contributed by atoms with van der Waals surface area (Å²) in [4.78, 5) is 18.2. The molecule has 0 N–H and O–H groups in total. The van der Waals surface area contributed by atoms with E-state index in [1.165, 1.54) is 5.56 Å². The van der Waals surface area contributed by atoms with Gasteiger partial charge in [-0.2, -0.15) is 0 Å². The molecule has 1 aliphatic heterocycles. The Morgan fingerprint density at radius 3 is 3.00 bits per heavy atom. The van der Waals surface area contributed by atoms with Gasteiger partial charge < -0.3 is 4.90 Å². The van der Waals surface area contributed by atoms with Crippen LogP contribution in [0.2, 0.25) is 0 Å². The molecule has 0 saturated carbocycles. The second-order valence-electron chi connectivity index (χ2n) is 4.60. The third-order valence-corrected chi connectivity index (χ3v) is 3.78. The van der Waals surface area contributed by atoms with Gasteiger partial charge in [0.25, 0.3) is 5.91 Å². The molecule has 0 aliphatic carbocycles. The van der Waals surface area contributed by atoms with E-state index in [2.05, 4.69) is 27.0 Å². The third-order valence-electron chi connectivity index (χ3n) is 3.29. The van der Waals surface area contributed by atoms with Crippen LogP contribution in [-0.4, -0.2) is 17.4 Å². The molecule has 0 fully saturated rings. The quantitative estimate of drug-likeness (QED) is 0.791. The number of hydrogen-bond donors (Lipinski definition) is 0. The average Bonchev–Trinajstić information content (AvgIpc) is 2.89. The molecule has 1 aromatic carbocycles. The molecule has 1 amide bonds. The highest BCUT2D eigenvalue weighted by Gasteiger charge is 2.22. The molecular weight excluding hydrogens is 316 g/mol. The minimum Gasteiger partial charge on any atom is -0.308 e. The van der Waals surface area contributed by atoms with Gasteiger partial charge in [0.1, 0.15) is 0 Å². The maximum absolute atomic E-state index is 12.3. The van der Waals surface area contributed by atoms with Crippen molar-refractivity contribution in [3.63, 3.8) is 0 Å². The van der Waals surface area contributed by atoms with Crippen molar-refractivity contribution in [3.8, 4) is 0 Å². The number of halogens is 1. The first-order chi connectivity index (χ1) is 9.74. The standard InChI is InChI=1S/C16H13BrN2O/c17-13-4-6-15-12(11-13)8-10-19(15)16(20)7-5-14-3-1-2-9-18-14/h1-7,9,11H,8,10H2/b7-5+. The summed E-state index contributed by atoms with van der Waals surface area (Å²) in [6.07, 6.45) is 5.95. The lowest BCUT2D eigenvalue weighted by atomic mass is 10.2. The first-order valence-corrected chi connectivity index (χ1v) is 7.22. The summed E-state index contributed by atoms with van der Waals surface area (Å²) in [5.41, 5.74) is 3.00. The van der Waals surface area contributed by atoms with Crippen LogP contribution in [0.1, 0.15) is 11.3 Å². The second-order valence-corrected chi connectivity index (χ2v) is 5.52. The van der Waals surface area contributed by atoms with Crippen LogP contribution in [0.5, 0.6) is 0 Å². The summed E-state index contributed by atoms with van der Waals surface area (Å²) >= 11 is 3.46. The van der Waals surface area contributed by atoms with Crippen molar-refractivity contribution in [2.24, 2.45) is 0 Å². The highest BCUT2D eigenvalue weighted by atomic mass is 79.9. The zero-order chi connectivity index (χ0) is 13.9. The molecule has 0 unspecified atom stereocenters. The largest absolute Gasteiger partial charge is 0.308 e. The van der Waals surface area contributed by atoms with Gasteiger partial charge in [-0.15, -0.1) is 0 Å². The Bertz CT molecular complexity index is 667. The van der Waals surface area contributed by atoms with E-state index in [1.54, 1.807) is 23.2 Å². The Hall–Kier alpha value is -1.94. The Labute approximate surface area is 126 Å². The highest BCUT2D eigenvalue weighted by Crippen LogP contribution is 2.30. The number of rotatable bonds is 2. The van der Waals surface area contributed by atoms with Crippen LogP contribution >= 0.6 is 15.9 Å². The number of anilines is 1. The lowest BCUT2D eigenvalue weighted by molar-refractivity contribution is -0.114. The number of pyridine rings is 1. The number of amides is 1. The minimum atomic E-state index is -0.00303. The molecule has 0 saturated heterocycles. The van der Waals surface area contributed by atoms with Gasteiger partial charge >= 0.3 is 0 Å². The van der Waals surface area contributed by atoms with E-state index in [4.69, 9.17) is 0 Å². The van der Waals surface area contributed by atoms with Crippen molar-refractivity contribution in [1.29, 1.82) is 0 Å². The Morgan fingerprint density at radius 1 is 1.30 bits per heavy atom. The Balaban J connectivity index is 1.79. The van der Waals surface area contributed by atoms with Gasteiger partial charge in [0.15, 0.2) is 0 Å². The number of fused-ring (bicyclic) bond motifs is 1. The van der Waals surface area contributed by atoms with Crippen LogP contribution in [0.15, 0.2) is 53.1 Å². The number of aromatic nitrogens is 1. The van der Waals surface area contributed by atoms with Gasteiger partial charge in [0.2, 0.25) is 0 Å². The number of nitrogens with zero attached hydrogens (tertiary/aromatic N) is 2. The van der Waals surface area contributed by atoms with Crippen LogP contribution in [0, 0.1) is 0 Å². The number of benzene rings is 1. The van der Waals surface area contributed by atoms with Gasteiger partial charge in [-0.25, -0.2) is 0 Å². The molecule has 100 valence electrons. The van der Waals surface area contributed by atoms with Gasteiger partial charge in [-0.1, -0.05) is 22.0 Å². The second kappa shape index (κ2) is 5.59. The van der Waals surface area contributed by atoms with Gasteiger partial charge in [0, 0.05) is 29.0 Å². The fraction of sp³-hybridized carbons (Fsp3) is 0.125. The van der Waals surface area contributed by atoms with E-state index in [-0.39, 0.29) is 5.91 Å². The van der Waals surface area contributed by atoms with Crippen LogP contribution in [0.4, 0.5) is 5.69 Å².